The molecule has 7 nitrogen and oxygen atoms in total. The lowest BCUT2D eigenvalue weighted by Gasteiger charge is -2.30. The highest BCUT2D eigenvalue weighted by molar-refractivity contribution is 7.89. The third kappa shape index (κ3) is 6.28. The molecule has 0 spiro atoms. The summed E-state index contributed by atoms with van der Waals surface area (Å²) < 4.78 is 32.5. The molecular formula is C28H39N3O4S. The van der Waals surface area contributed by atoms with Crippen molar-refractivity contribution < 1.29 is 17.9 Å². The zero-order chi connectivity index (χ0) is 25.8. The molecule has 2 fully saturated rings. The molecule has 4 rings (SSSR count). The number of benzene rings is 2. The summed E-state index contributed by atoms with van der Waals surface area (Å²) in [5.74, 6) is 1.12. The number of rotatable bonds is 14. The number of hydrogen-bond donors (Lipinski definition) is 3. The summed E-state index contributed by atoms with van der Waals surface area (Å²) >= 11 is 0. The Morgan fingerprint density at radius 3 is 2.53 bits per heavy atom. The fraction of sp³-hybridized carbons (Fsp3) is 0.536. The van der Waals surface area contributed by atoms with Gasteiger partial charge in [-0.15, -0.1) is 0 Å². The van der Waals surface area contributed by atoms with Gasteiger partial charge in [-0.3, -0.25) is 4.79 Å². The summed E-state index contributed by atoms with van der Waals surface area (Å²) in [6.07, 6.45) is 3.49. The highest BCUT2D eigenvalue weighted by Gasteiger charge is 2.71. The molecule has 2 aliphatic rings. The number of nitrogens with one attached hydrogen (secondary N) is 3. The number of methoxy groups -OCH3 is 1. The van der Waals surface area contributed by atoms with E-state index in [1.165, 1.54) is 5.56 Å². The molecule has 3 N–H and O–H groups in total. The maximum Gasteiger partial charge on any atom is 0.235 e. The van der Waals surface area contributed by atoms with Gasteiger partial charge < -0.3 is 15.4 Å². The van der Waals surface area contributed by atoms with Crippen LogP contribution in [0, 0.1) is 11.3 Å². The van der Waals surface area contributed by atoms with E-state index in [1.807, 2.05) is 50.2 Å². The lowest BCUT2D eigenvalue weighted by atomic mass is 9.88. The van der Waals surface area contributed by atoms with Gasteiger partial charge in [0.2, 0.25) is 15.9 Å². The van der Waals surface area contributed by atoms with Gasteiger partial charge in [0.25, 0.3) is 0 Å². The van der Waals surface area contributed by atoms with Crippen molar-refractivity contribution >= 4 is 15.9 Å². The monoisotopic (exact) mass is 513 g/mol. The Labute approximate surface area is 215 Å². The standard InChI is InChI=1S/C28H39N3O4S/c1-21(2)12-15-36(33,34)30-19-26(32)31-28(17-25(28)23-9-5-4-6-10-23)27(13-14-27)20-29-18-22-8-7-11-24(16-22)35-3/h4-11,16,21,25,29-30H,12-15,17-20H2,1-3H3,(H,31,32). The largest absolute Gasteiger partial charge is 0.497 e. The first-order valence-corrected chi connectivity index (χ1v) is 14.5. The summed E-state index contributed by atoms with van der Waals surface area (Å²) in [5.41, 5.74) is 1.96. The SMILES string of the molecule is COc1cccc(CNCC2(C3(NC(=O)CNS(=O)(=O)CCC(C)C)CC3c3ccccc3)CC2)c1. The van der Waals surface area contributed by atoms with Crippen LogP contribution >= 0.6 is 0 Å². The Kier molecular flexibility index (Phi) is 8.07. The number of ether oxygens (including phenoxy) is 1. The molecule has 36 heavy (non-hydrogen) atoms. The van der Waals surface area contributed by atoms with Crippen LogP contribution in [0.25, 0.3) is 0 Å². The molecule has 8 heteroatoms. The van der Waals surface area contributed by atoms with Crippen molar-refractivity contribution in [2.75, 3.05) is 26.0 Å². The highest BCUT2D eigenvalue weighted by atomic mass is 32.2. The van der Waals surface area contributed by atoms with Crippen LogP contribution in [0.3, 0.4) is 0 Å². The quantitative estimate of drug-likeness (QED) is 0.359. The Morgan fingerprint density at radius 1 is 1.11 bits per heavy atom. The van der Waals surface area contributed by atoms with Crippen LogP contribution < -0.4 is 20.1 Å². The number of carbonyl (C=O) groups is 1. The van der Waals surface area contributed by atoms with E-state index in [1.54, 1.807) is 7.11 Å². The fourth-order valence-electron chi connectivity index (χ4n) is 5.30. The van der Waals surface area contributed by atoms with E-state index >= 15 is 0 Å². The van der Waals surface area contributed by atoms with Crippen molar-refractivity contribution in [3.63, 3.8) is 0 Å². The van der Waals surface area contributed by atoms with Crippen molar-refractivity contribution in [1.82, 2.24) is 15.4 Å². The smallest absolute Gasteiger partial charge is 0.235 e. The minimum Gasteiger partial charge on any atom is -0.497 e. The van der Waals surface area contributed by atoms with Gasteiger partial charge >= 0.3 is 0 Å². The molecule has 1 amide bonds. The molecule has 2 aliphatic carbocycles. The van der Waals surface area contributed by atoms with Gasteiger partial charge in [0.05, 0.1) is 24.9 Å². The first-order valence-electron chi connectivity index (χ1n) is 12.9. The Bertz CT molecular complexity index is 1150. The Hall–Kier alpha value is -2.42. The van der Waals surface area contributed by atoms with Crippen LogP contribution in [0.4, 0.5) is 0 Å². The Balaban J connectivity index is 1.42. The molecular weight excluding hydrogens is 474 g/mol. The number of carbonyl (C=O) groups excluding carboxylic acids is 1. The van der Waals surface area contributed by atoms with Crippen molar-refractivity contribution in [3.05, 3.63) is 65.7 Å². The number of amides is 1. The van der Waals surface area contributed by atoms with Gasteiger partial charge in [0.1, 0.15) is 5.75 Å². The summed E-state index contributed by atoms with van der Waals surface area (Å²) in [6, 6.07) is 18.3. The second-order valence-electron chi connectivity index (χ2n) is 10.7. The van der Waals surface area contributed by atoms with Gasteiger partial charge in [-0.1, -0.05) is 56.3 Å². The first-order chi connectivity index (χ1) is 17.2. The van der Waals surface area contributed by atoms with E-state index in [4.69, 9.17) is 4.74 Å². The van der Waals surface area contributed by atoms with Crippen LogP contribution in [0.15, 0.2) is 54.6 Å². The van der Waals surface area contributed by atoms with Gasteiger partial charge in [-0.05, 0) is 54.9 Å². The molecule has 0 aromatic heterocycles. The molecule has 2 aromatic rings. The van der Waals surface area contributed by atoms with E-state index in [-0.39, 0.29) is 41.0 Å². The molecule has 2 saturated carbocycles. The van der Waals surface area contributed by atoms with Crippen molar-refractivity contribution in [3.8, 4) is 5.75 Å². The van der Waals surface area contributed by atoms with Gasteiger partial charge in [0.15, 0.2) is 0 Å². The molecule has 0 radical (unpaired) electrons. The second kappa shape index (κ2) is 10.9. The molecule has 0 aliphatic heterocycles. The van der Waals surface area contributed by atoms with Crippen LogP contribution in [0.1, 0.15) is 56.6 Å². The molecule has 0 heterocycles. The number of sulfonamides is 1. The van der Waals surface area contributed by atoms with E-state index in [2.05, 4.69) is 33.6 Å². The maximum atomic E-state index is 13.0. The van der Waals surface area contributed by atoms with Gasteiger partial charge in [-0.2, -0.15) is 0 Å². The molecule has 196 valence electrons. The highest BCUT2D eigenvalue weighted by Crippen LogP contribution is 2.70. The minimum absolute atomic E-state index is 0.0356. The van der Waals surface area contributed by atoms with E-state index in [0.717, 1.165) is 37.1 Å². The number of hydrogen-bond acceptors (Lipinski definition) is 5. The van der Waals surface area contributed by atoms with Crippen molar-refractivity contribution in [2.45, 2.75) is 57.5 Å². The van der Waals surface area contributed by atoms with Crippen molar-refractivity contribution in [2.24, 2.45) is 11.3 Å². The van der Waals surface area contributed by atoms with Crippen LogP contribution in [0.2, 0.25) is 0 Å². The van der Waals surface area contributed by atoms with Gasteiger partial charge in [0, 0.05) is 24.4 Å². The molecule has 0 saturated heterocycles. The lowest BCUT2D eigenvalue weighted by Crippen LogP contribution is -2.51. The maximum absolute atomic E-state index is 13.0. The summed E-state index contributed by atoms with van der Waals surface area (Å²) in [7, 11) is -1.81. The topological polar surface area (TPSA) is 96.5 Å². The summed E-state index contributed by atoms with van der Waals surface area (Å²) in [5, 5.41) is 6.91. The third-order valence-electron chi connectivity index (χ3n) is 7.67. The summed E-state index contributed by atoms with van der Waals surface area (Å²) in [4.78, 5) is 13.0. The van der Waals surface area contributed by atoms with Crippen LogP contribution in [0.5, 0.6) is 5.75 Å². The Morgan fingerprint density at radius 2 is 1.86 bits per heavy atom. The molecule has 0 bridgehead atoms. The molecule has 2 unspecified atom stereocenters. The third-order valence-corrected chi connectivity index (χ3v) is 9.03. The first kappa shape index (κ1) is 26.6. The normalized spacial score (nSPS) is 22.3. The van der Waals surface area contributed by atoms with E-state index in [0.29, 0.717) is 13.0 Å². The predicted molar refractivity (Wildman–Crippen MR) is 142 cm³/mol. The zero-order valence-electron chi connectivity index (χ0n) is 21.5. The van der Waals surface area contributed by atoms with Crippen molar-refractivity contribution in [1.29, 1.82) is 0 Å². The fourth-order valence-corrected chi connectivity index (χ4v) is 6.58. The predicted octanol–water partition coefficient (Wildman–Crippen LogP) is 3.57. The van der Waals surface area contributed by atoms with Crippen LogP contribution in [-0.2, 0) is 21.4 Å². The average molecular weight is 514 g/mol. The molecule has 2 atom stereocenters. The average Bonchev–Trinajstić information content (AvgIpc) is 3.79. The second-order valence-corrected chi connectivity index (χ2v) is 12.7. The van der Waals surface area contributed by atoms with E-state index < -0.39 is 10.0 Å². The zero-order valence-corrected chi connectivity index (χ0v) is 22.4. The van der Waals surface area contributed by atoms with Crippen LogP contribution in [-0.4, -0.2) is 45.8 Å². The van der Waals surface area contributed by atoms with E-state index in [9.17, 15) is 13.2 Å². The lowest BCUT2D eigenvalue weighted by molar-refractivity contribution is -0.121. The summed E-state index contributed by atoms with van der Waals surface area (Å²) in [6.45, 7) is 5.25. The minimum atomic E-state index is -3.48. The van der Waals surface area contributed by atoms with Gasteiger partial charge in [-0.25, -0.2) is 13.1 Å². The molecule has 2 aromatic carbocycles.